The minimum absolute atomic E-state index is 0.282. The first-order valence-electron chi connectivity index (χ1n) is 8.51. The Hall–Kier alpha value is -3.29. The van der Waals surface area contributed by atoms with Crippen LogP contribution >= 0.6 is 0 Å². The van der Waals surface area contributed by atoms with Crippen molar-refractivity contribution in [2.45, 2.75) is 18.3 Å². The fourth-order valence-corrected chi connectivity index (χ4v) is 2.51. The normalized spacial score (nSPS) is 12.5. The van der Waals surface area contributed by atoms with E-state index in [4.69, 9.17) is 0 Å². The van der Waals surface area contributed by atoms with Crippen LogP contribution in [0.25, 0.3) is 0 Å². The van der Waals surface area contributed by atoms with Crippen molar-refractivity contribution in [3.8, 4) is 5.75 Å². The summed E-state index contributed by atoms with van der Waals surface area (Å²) >= 11 is 0. The average molecular weight is 406 g/mol. The highest BCUT2D eigenvalue weighted by molar-refractivity contribution is 5.41. The van der Waals surface area contributed by atoms with E-state index in [0.717, 1.165) is 23.3 Å². The Kier molecular flexibility index (Phi) is 5.91. The van der Waals surface area contributed by atoms with Gasteiger partial charge in [-0.05, 0) is 35.4 Å². The Morgan fingerprint density at radius 1 is 0.655 bits per heavy atom. The lowest BCUT2D eigenvalue weighted by molar-refractivity contribution is -0.360. The highest BCUT2D eigenvalue weighted by Gasteiger charge is 2.61. The minimum Gasteiger partial charge on any atom is -0.426 e. The number of azo groups is 1. The molecule has 0 aromatic heterocycles. The number of ether oxygens (including phenoxy) is 1. The van der Waals surface area contributed by atoms with Crippen LogP contribution in [0.3, 0.4) is 0 Å². The molecule has 0 aliphatic rings. The molecule has 0 spiro atoms. The van der Waals surface area contributed by atoms with Crippen molar-refractivity contribution < 1.29 is 26.7 Å². The molecule has 8 heteroatoms. The molecule has 3 nitrogen and oxygen atoms in total. The van der Waals surface area contributed by atoms with Gasteiger partial charge in [-0.2, -0.15) is 32.2 Å². The van der Waals surface area contributed by atoms with E-state index in [1.165, 1.54) is 12.1 Å². The van der Waals surface area contributed by atoms with Crippen LogP contribution in [0.2, 0.25) is 0 Å². The summed E-state index contributed by atoms with van der Waals surface area (Å²) in [6.45, 7) is 0. The molecule has 3 aromatic rings. The maximum Gasteiger partial charge on any atom is 0.499 e. The lowest BCUT2D eigenvalue weighted by Crippen LogP contribution is -2.41. The molecule has 150 valence electrons. The van der Waals surface area contributed by atoms with Gasteiger partial charge in [-0.3, -0.25) is 0 Å². The van der Waals surface area contributed by atoms with Gasteiger partial charge in [0, 0.05) is 0 Å². The second kappa shape index (κ2) is 8.38. The van der Waals surface area contributed by atoms with Crippen LogP contribution in [-0.2, 0) is 0 Å². The molecule has 0 saturated heterocycles. The van der Waals surface area contributed by atoms with Crippen LogP contribution in [-0.4, -0.2) is 12.3 Å². The lowest BCUT2D eigenvalue weighted by Gasteiger charge is -2.20. The van der Waals surface area contributed by atoms with Crippen LogP contribution in [0, 0.1) is 0 Å². The highest BCUT2D eigenvalue weighted by Crippen LogP contribution is 2.37. The molecular weight excluding hydrogens is 391 g/mol. The molecule has 3 rings (SSSR count). The molecule has 0 aliphatic carbocycles. The van der Waals surface area contributed by atoms with E-state index in [1.54, 1.807) is 0 Å². The van der Waals surface area contributed by atoms with Gasteiger partial charge in [-0.15, -0.1) is 0 Å². The van der Waals surface area contributed by atoms with E-state index in [9.17, 15) is 22.0 Å². The van der Waals surface area contributed by atoms with Gasteiger partial charge < -0.3 is 4.74 Å². The summed E-state index contributed by atoms with van der Waals surface area (Å²) in [4.78, 5) is 0. The molecule has 0 amide bonds. The van der Waals surface area contributed by atoms with Crippen LogP contribution < -0.4 is 4.74 Å². The first-order chi connectivity index (χ1) is 13.8. The van der Waals surface area contributed by atoms with Crippen LogP contribution in [0.4, 0.5) is 27.6 Å². The standard InChI is InChI=1S/C21H15F5N2O/c22-20(23,24)21(25,26)29-18-13-11-17(12-14-18)27-28-19(15-7-3-1-4-8-15)16-9-5-2-6-10-16/h1-14,19H. The molecule has 0 fully saturated rings. The second-order valence-electron chi connectivity index (χ2n) is 6.05. The van der Waals surface area contributed by atoms with Crippen molar-refractivity contribution in [2.24, 2.45) is 10.2 Å². The highest BCUT2D eigenvalue weighted by atomic mass is 19.4. The van der Waals surface area contributed by atoms with Crippen LogP contribution in [0.15, 0.2) is 95.2 Å². The zero-order valence-corrected chi connectivity index (χ0v) is 14.9. The molecule has 0 bridgehead atoms. The summed E-state index contributed by atoms with van der Waals surface area (Å²) in [6, 6.07) is 22.9. The number of hydrogen-bond acceptors (Lipinski definition) is 3. The quantitative estimate of drug-likeness (QED) is 0.318. The van der Waals surface area contributed by atoms with Gasteiger partial charge in [0.1, 0.15) is 11.8 Å². The summed E-state index contributed by atoms with van der Waals surface area (Å²) in [5, 5.41) is 8.44. The van der Waals surface area contributed by atoms with Gasteiger partial charge in [0.05, 0.1) is 5.69 Å². The summed E-state index contributed by atoms with van der Waals surface area (Å²) in [5.74, 6) is -0.631. The van der Waals surface area contributed by atoms with Crippen molar-refractivity contribution in [3.63, 3.8) is 0 Å². The summed E-state index contributed by atoms with van der Waals surface area (Å²) in [7, 11) is 0. The van der Waals surface area contributed by atoms with Gasteiger partial charge in [0.15, 0.2) is 0 Å². The van der Waals surface area contributed by atoms with Crippen molar-refractivity contribution in [3.05, 3.63) is 96.1 Å². The molecular formula is C21H15F5N2O. The third kappa shape index (κ3) is 5.16. The predicted octanol–water partition coefficient (Wildman–Crippen LogP) is 7.09. The van der Waals surface area contributed by atoms with Gasteiger partial charge in [-0.25, -0.2) is 0 Å². The topological polar surface area (TPSA) is 34.0 Å². The third-order valence-corrected chi connectivity index (χ3v) is 3.93. The summed E-state index contributed by atoms with van der Waals surface area (Å²) in [6.07, 6.45) is -11.1. The van der Waals surface area contributed by atoms with Crippen LogP contribution in [0.1, 0.15) is 17.2 Å². The van der Waals surface area contributed by atoms with Gasteiger partial charge in [0.25, 0.3) is 0 Å². The second-order valence-corrected chi connectivity index (χ2v) is 6.05. The van der Waals surface area contributed by atoms with E-state index < -0.39 is 24.1 Å². The van der Waals surface area contributed by atoms with Gasteiger partial charge in [-0.1, -0.05) is 60.7 Å². The molecule has 0 aliphatic heterocycles. The molecule has 29 heavy (non-hydrogen) atoms. The molecule has 0 unspecified atom stereocenters. The molecule has 0 heterocycles. The number of hydrogen-bond donors (Lipinski definition) is 0. The molecule has 0 atom stereocenters. The van der Waals surface area contributed by atoms with Gasteiger partial charge in [0.2, 0.25) is 0 Å². The monoisotopic (exact) mass is 406 g/mol. The molecule has 0 saturated carbocycles. The smallest absolute Gasteiger partial charge is 0.426 e. The SMILES string of the molecule is FC(F)(F)C(F)(F)Oc1ccc(N=NC(c2ccccc2)c2ccccc2)cc1. The predicted molar refractivity (Wildman–Crippen MR) is 97.3 cm³/mol. The van der Waals surface area contributed by atoms with E-state index in [1.807, 2.05) is 60.7 Å². The lowest BCUT2D eigenvalue weighted by atomic mass is 10.00. The first kappa shape index (κ1) is 20.4. The Morgan fingerprint density at radius 2 is 1.14 bits per heavy atom. The number of alkyl halides is 5. The molecule has 0 N–H and O–H groups in total. The van der Waals surface area contributed by atoms with E-state index in [0.29, 0.717) is 0 Å². The van der Waals surface area contributed by atoms with Crippen molar-refractivity contribution in [2.75, 3.05) is 0 Å². The Labute approximate surface area is 163 Å². The largest absolute Gasteiger partial charge is 0.499 e. The summed E-state index contributed by atoms with van der Waals surface area (Å²) < 4.78 is 66.3. The first-order valence-corrected chi connectivity index (χ1v) is 8.51. The van der Waals surface area contributed by atoms with Gasteiger partial charge >= 0.3 is 12.3 Å². The number of benzene rings is 3. The fourth-order valence-electron chi connectivity index (χ4n) is 2.51. The third-order valence-electron chi connectivity index (χ3n) is 3.93. The van der Waals surface area contributed by atoms with Crippen LogP contribution in [0.5, 0.6) is 5.75 Å². The Morgan fingerprint density at radius 3 is 1.59 bits per heavy atom. The zero-order chi connectivity index (χ0) is 20.9. The maximum atomic E-state index is 13.0. The minimum atomic E-state index is -5.80. The van der Waals surface area contributed by atoms with E-state index in [2.05, 4.69) is 15.0 Å². The van der Waals surface area contributed by atoms with Crippen molar-refractivity contribution >= 4 is 5.69 Å². The molecule has 0 radical (unpaired) electrons. The average Bonchev–Trinajstić information content (AvgIpc) is 2.70. The number of nitrogens with zero attached hydrogens (tertiary/aromatic N) is 2. The fraction of sp³-hybridized carbons (Fsp3) is 0.143. The number of rotatable bonds is 6. The Bertz CT molecular complexity index is 903. The Balaban J connectivity index is 1.80. The maximum absolute atomic E-state index is 13.0. The number of halogens is 5. The summed E-state index contributed by atoms with van der Waals surface area (Å²) in [5.41, 5.74) is 2.07. The molecule has 3 aromatic carbocycles. The zero-order valence-electron chi connectivity index (χ0n) is 14.9. The van der Waals surface area contributed by atoms with Crippen molar-refractivity contribution in [1.82, 2.24) is 0 Å². The van der Waals surface area contributed by atoms with Crippen molar-refractivity contribution in [1.29, 1.82) is 0 Å². The van der Waals surface area contributed by atoms with E-state index in [-0.39, 0.29) is 5.69 Å². The van der Waals surface area contributed by atoms with E-state index >= 15 is 0 Å².